The molecule has 16 atom stereocenters. The van der Waals surface area contributed by atoms with Crippen molar-refractivity contribution in [3.63, 3.8) is 0 Å². The van der Waals surface area contributed by atoms with Crippen molar-refractivity contribution in [1.82, 2.24) is 40.0 Å². The van der Waals surface area contributed by atoms with Gasteiger partial charge in [0.2, 0.25) is 41.4 Å². The molecule has 2 aliphatic rings. The van der Waals surface area contributed by atoms with Gasteiger partial charge >= 0.3 is 0 Å². The number of hydrogen-bond donors (Lipinski definition) is 5. The minimum absolute atomic E-state index is 0.00480. The van der Waals surface area contributed by atoms with E-state index < -0.39 is 179 Å². The Morgan fingerprint density at radius 3 is 1.53 bits per heavy atom. The number of unbranched alkanes of at least 4 members (excludes halogenated alkanes) is 1. The standard InChI is InChI=1S/C71H126N8O16/c1-23-53-57(82)37-47(14)67(89)77(21)62(50(17)95-29-25-24-26-79-27-30-94-31-28-79)60(85)39-52(43(8)9)70(92)75(19)54(33-41(4)5)58(83)36-46(13)65(87)72-48(15)68(90)74(18)55(34-42(6)7)59(84)38-51(32-40(2)3)69(91)76(20)61(44(10)11)71(93)78(22)63(66(88)73-53)64(86)45(12)35-56(81)49(16)80/h40-56,61-64,80-81,86H,23-39H2,1-22H3,(H,72,87)(H,73,88)/t45-,46-,47+,48-,49+,50-,51-,52+,53+,54+,55+,56+,61+,62+,63+,64-/m1/s1. The van der Waals surface area contributed by atoms with Crippen LogP contribution in [-0.2, 0) is 62.2 Å². The monoisotopic (exact) mass is 1350 g/mol. The number of likely N-dealkylation sites (N-methyl/N-ethyl adjacent to an activating group) is 5. The molecule has 24 heteroatoms. The molecule has 2 saturated heterocycles. The summed E-state index contributed by atoms with van der Waals surface area (Å²) in [6.45, 7) is 33.0. The predicted octanol–water partition coefficient (Wildman–Crippen LogP) is 4.97. The van der Waals surface area contributed by atoms with E-state index in [0.29, 0.717) is 19.6 Å². The first kappa shape index (κ1) is 85.8. The molecular weight excluding hydrogens is 1220 g/mol. The van der Waals surface area contributed by atoms with Gasteiger partial charge in [0.1, 0.15) is 24.2 Å². The van der Waals surface area contributed by atoms with E-state index >= 15 is 14.4 Å². The van der Waals surface area contributed by atoms with Gasteiger partial charge in [-0.2, -0.15) is 0 Å². The fourth-order valence-electron chi connectivity index (χ4n) is 13.2. The van der Waals surface area contributed by atoms with E-state index in [4.69, 9.17) is 9.47 Å². The Kier molecular flexibility index (Phi) is 36.7. The molecule has 0 aliphatic carbocycles. The normalized spacial score (nSPS) is 28.3. The molecule has 2 fully saturated rings. The molecular formula is C71H126N8O16. The molecule has 0 spiro atoms. The molecule has 7 amide bonds. The van der Waals surface area contributed by atoms with E-state index in [2.05, 4.69) is 15.5 Å². The molecule has 0 saturated carbocycles. The number of aliphatic hydroxyl groups is 3. The van der Waals surface area contributed by atoms with Gasteiger partial charge in [0, 0.05) is 104 Å². The van der Waals surface area contributed by atoms with Crippen molar-refractivity contribution in [2.45, 2.75) is 255 Å². The van der Waals surface area contributed by atoms with Gasteiger partial charge in [0.05, 0.1) is 55.8 Å². The molecule has 24 nitrogen and oxygen atoms in total. The van der Waals surface area contributed by atoms with Gasteiger partial charge in [-0.25, -0.2) is 0 Å². The number of carbonyl (C=O) groups excluding carboxylic acids is 11. The quantitative estimate of drug-likeness (QED) is 0.0947. The Hall–Kier alpha value is -5.27. The lowest BCUT2D eigenvalue weighted by molar-refractivity contribution is -0.155. The van der Waals surface area contributed by atoms with Gasteiger partial charge in [-0.15, -0.1) is 0 Å². The first-order chi connectivity index (χ1) is 44.1. The third kappa shape index (κ3) is 25.8. The summed E-state index contributed by atoms with van der Waals surface area (Å²) >= 11 is 0. The Morgan fingerprint density at radius 2 is 1.02 bits per heavy atom. The van der Waals surface area contributed by atoms with Crippen molar-refractivity contribution in [3.8, 4) is 0 Å². The van der Waals surface area contributed by atoms with Crippen LogP contribution in [0.15, 0.2) is 0 Å². The van der Waals surface area contributed by atoms with Crippen LogP contribution >= 0.6 is 0 Å². The van der Waals surface area contributed by atoms with E-state index in [9.17, 15) is 53.7 Å². The van der Waals surface area contributed by atoms with Gasteiger partial charge < -0.3 is 59.9 Å². The topological polar surface area (TPSA) is 310 Å². The van der Waals surface area contributed by atoms with Gasteiger partial charge in [-0.1, -0.05) is 96.9 Å². The molecule has 0 bridgehead atoms. The van der Waals surface area contributed by atoms with Gasteiger partial charge in [-0.05, 0) is 108 Å². The molecule has 0 radical (unpaired) electrons. The highest BCUT2D eigenvalue weighted by molar-refractivity contribution is 6.00. The molecule has 546 valence electrons. The number of aliphatic hydroxyl groups excluding tert-OH is 3. The molecule has 2 rings (SSSR count). The summed E-state index contributed by atoms with van der Waals surface area (Å²) in [5.74, 6) is -13.1. The fourth-order valence-corrected chi connectivity index (χ4v) is 13.2. The number of nitrogens with zero attached hydrogens (tertiary/aromatic N) is 6. The molecule has 0 aromatic carbocycles. The third-order valence-corrected chi connectivity index (χ3v) is 19.2. The van der Waals surface area contributed by atoms with Gasteiger partial charge in [0.25, 0.3) is 0 Å². The maximum Gasteiger partial charge on any atom is 0.246 e. The Morgan fingerprint density at radius 1 is 0.516 bits per heavy atom. The lowest BCUT2D eigenvalue weighted by atomic mass is 9.85. The minimum Gasteiger partial charge on any atom is -0.391 e. The number of Topliss-reactive ketones (excluding diaryl/α,β-unsaturated/α-hetero) is 4. The predicted molar refractivity (Wildman–Crippen MR) is 364 cm³/mol. The summed E-state index contributed by atoms with van der Waals surface area (Å²) in [4.78, 5) is 171. The van der Waals surface area contributed by atoms with Gasteiger partial charge in [0.15, 0.2) is 23.1 Å². The van der Waals surface area contributed by atoms with Crippen molar-refractivity contribution in [1.29, 1.82) is 0 Å². The van der Waals surface area contributed by atoms with Crippen LogP contribution < -0.4 is 10.6 Å². The SMILES string of the molecule is CC[C@@H]1NC(=O)[C@H]([C@H](O)[C@H](C)C[C@H](O)[C@H](C)O)N(C)C(=O)[C@H](C(C)C)N(C)C(=O)[C@H](CC(C)C)CC(=O)[C@H](CC(C)C)N(C)C(=O)[C@@H](C)NC(=O)[C@H](C)CC(=O)[C@H](CC(C)C)N(C)C(=O)[C@H](C(C)C)CC(=O)[C@H]([C@@H](C)OCCCCN2CCOCC2)N(C)C(=O)[C@@H](C)CC1=O. The first-order valence-electron chi connectivity index (χ1n) is 35.1. The van der Waals surface area contributed by atoms with E-state index in [1.165, 1.54) is 82.5 Å². The number of ketones is 4. The van der Waals surface area contributed by atoms with Crippen molar-refractivity contribution < 1.29 is 77.5 Å². The summed E-state index contributed by atoms with van der Waals surface area (Å²) in [7, 11) is 7.11. The second-order valence-electron chi connectivity index (χ2n) is 29.7. The van der Waals surface area contributed by atoms with Crippen LogP contribution in [0.5, 0.6) is 0 Å². The van der Waals surface area contributed by atoms with Crippen LogP contribution in [0.4, 0.5) is 0 Å². The summed E-state index contributed by atoms with van der Waals surface area (Å²) in [6.07, 6.45) is -4.86. The van der Waals surface area contributed by atoms with E-state index in [-0.39, 0.29) is 75.7 Å². The number of morpholine rings is 1. The van der Waals surface area contributed by atoms with Crippen LogP contribution in [0.1, 0.15) is 188 Å². The van der Waals surface area contributed by atoms with Crippen molar-refractivity contribution >= 4 is 64.5 Å². The molecule has 0 unspecified atom stereocenters. The number of nitrogens with one attached hydrogen (secondary N) is 2. The summed E-state index contributed by atoms with van der Waals surface area (Å²) < 4.78 is 11.9. The zero-order valence-corrected chi connectivity index (χ0v) is 62.0. The van der Waals surface area contributed by atoms with E-state index in [0.717, 1.165) is 31.0 Å². The Labute approximate surface area is 568 Å². The molecule has 95 heavy (non-hydrogen) atoms. The number of ether oxygens (including phenoxy) is 2. The van der Waals surface area contributed by atoms with Crippen LogP contribution in [0.3, 0.4) is 0 Å². The van der Waals surface area contributed by atoms with E-state index in [1.54, 1.807) is 48.5 Å². The van der Waals surface area contributed by atoms with Crippen LogP contribution in [0.25, 0.3) is 0 Å². The van der Waals surface area contributed by atoms with Crippen LogP contribution in [0, 0.1) is 59.2 Å². The molecule has 2 aliphatic heterocycles. The molecule has 2 heterocycles. The maximum atomic E-state index is 15.2. The fraction of sp³-hybridized carbons (Fsp3) is 0.845. The summed E-state index contributed by atoms with van der Waals surface area (Å²) in [5, 5.41) is 38.8. The lowest BCUT2D eigenvalue weighted by Gasteiger charge is -2.40. The summed E-state index contributed by atoms with van der Waals surface area (Å²) in [6, 6.07) is -8.88. The van der Waals surface area contributed by atoms with E-state index in [1.807, 2.05) is 41.5 Å². The highest BCUT2D eigenvalue weighted by Gasteiger charge is 2.46. The molecule has 5 N–H and O–H groups in total. The largest absolute Gasteiger partial charge is 0.391 e. The van der Waals surface area contributed by atoms with Crippen molar-refractivity contribution in [3.05, 3.63) is 0 Å². The highest BCUT2D eigenvalue weighted by Crippen LogP contribution is 2.30. The molecule has 0 aromatic rings. The first-order valence-corrected chi connectivity index (χ1v) is 35.1. The second-order valence-corrected chi connectivity index (χ2v) is 29.7. The highest BCUT2D eigenvalue weighted by atomic mass is 16.5. The Balaban J connectivity index is 2.97. The average molecular weight is 1350 g/mol. The van der Waals surface area contributed by atoms with Crippen LogP contribution in [0.2, 0.25) is 0 Å². The number of rotatable bonds is 21. The number of hydrogen-bond acceptors (Lipinski definition) is 17. The summed E-state index contributed by atoms with van der Waals surface area (Å²) in [5.41, 5.74) is 0. The smallest absolute Gasteiger partial charge is 0.246 e. The third-order valence-electron chi connectivity index (χ3n) is 19.2. The second kappa shape index (κ2) is 40.6. The van der Waals surface area contributed by atoms with Crippen molar-refractivity contribution in [2.75, 3.05) is 74.7 Å². The zero-order valence-electron chi connectivity index (χ0n) is 62.0. The minimum atomic E-state index is -1.77. The Bertz CT molecular complexity index is 2520. The number of amides is 7. The van der Waals surface area contributed by atoms with Gasteiger partial charge in [-0.3, -0.25) is 57.6 Å². The van der Waals surface area contributed by atoms with Crippen LogP contribution in [-0.4, -0.2) is 251 Å². The maximum absolute atomic E-state index is 15.2. The zero-order chi connectivity index (χ0) is 72.8. The number of carbonyl (C=O) groups is 11. The van der Waals surface area contributed by atoms with Crippen molar-refractivity contribution in [2.24, 2.45) is 59.2 Å². The average Bonchev–Trinajstić information content (AvgIpc) is 0.837. The lowest BCUT2D eigenvalue weighted by Crippen LogP contribution is -2.62. The molecule has 0 aromatic heterocycles.